The number of rotatable bonds is 1. The maximum atomic E-state index is 11.9. The quantitative estimate of drug-likeness (QED) is 0.388. The Kier molecular flexibility index (Phi) is 2.78. The number of amidine groups is 1. The van der Waals surface area contributed by atoms with Crippen LogP contribution in [0.15, 0.2) is 21.1 Å². The molecule has 92 valence electrons. The van der Waals surface area contributed by atoms with Crippen molar-refractivity contribution in [3.8, 4) is 0 Å². The molecule has 2 heterocycles. The molecule has 0 aromatic carbocycles. The average molecular weight is 234 g/mol. The van der Waals surface area contributed by atoms with Gasteiger partial charge in [0.2, 0.25) is 12.2 Å². The number of carbonyl (C=O) groups excluding carboxylic acids is 1. The Morgan fingerprint density at radius 1 is 1.47 bits per heavy atom. The molecule has 0 N–H and O–H groups in total. The van der Waals surface area contributed by atoms with Crippen LogP contribution in [0, 0.1) is 0 Å². The Morgan fingerprint density at radius 2 is 2.06 bits per heavy atom. The zero-order valence-corrected chi connectivity index (χ0v) is 11.2. The third-order valence-corrected chi connectivity index (χ3v) is 4.30. The van der Waals surface area contributed by atoms with Crippen LogP contribution in [-0.2, 0) is 4.79 Å². The predicted octanol–water partition coefficient (Wildman–Crippen LogP) is 1.92. The summed E-state index contributed by atoms with van der Waals surface area (Å²) in [7, 11) is 1.77. The van der Waals surface area contributed by atoms with E-state index in [1.54, 1.807) is 13.4 Å². The SMILES string of the molecule is CCC(C)=C1C(=O)N=C[N+]2(C1=NC)C(C)C2C. The molecule has 17 heavy (non-hydrogen) atoms. The maximum absolute atomic E-state index is 11.9. The summed E-state index contributed by atoms with van der Waals surface area (Å²) in [5, 5.41) is 0. The molecule has 4 heteroatoms. The van der Waals surface area contributed by atoms with E-state index >= 15 is 0 Å². The number of aliphatic imine (C=N–C) groups is 2. The summed E-state index contributed by atoms with van der Waals surface area (Å²) in [4.78, 5) is 20.4. The minimum absolute atomic E-state index is 0.139. The molecule has 0 aliphatic carbocycles. The fraction of sp³-hybridized carbons (Fsp3) is 0.615. The first-order valence-electron chi connectivity index (χ1n) is 6.15. The number of carbonyl (C=O) groups is 1. The molecule has 1 amide bonds. The molecule has 1 fully saturated rings. The van der Waals surface area contributed by atoms with E-state index < -0.39 is 0 Å². The van der Waals surface area contributed by atoms with Crippen LogP contribution in [-0.4, -0.2) is 41.7 Å². The molecular formula is C13H20N3O+. The fourth-order valence-electron chi connectivity index (χ4n) is 2.70. The van der Waals surface area contributed by atoms with Crippen LogP contribution in [0.5, 0.6) is 0 Å². The van der Waals surface area contributed by atoms with E-state index in [-0.39, 0.29) is 5.91 Å². The minimum atomic E-state index is -0.139. The molecule has 4 nitrogen and oxygen atoms in total. The second kappa shape index (κ2) is 3.88. The second-order valence-electron chi connectivity index (χ2n) is 4.92. The average Bonchev–Trinajstić information content (AvgIpc) is 2.84. The first-order chi connectivity index (χ1) is 8.00. The largest absolute Gasteiger partial charge is 0.289 e. The van der Waals surface area contributed by atoms with Crippen molar-refractivity contribution >= 4 is 18.1 Å². The summed E-state index contributed by atoms with van der Waals surface area (Å²) in [5.41, 5.74) is 1.81. The van der Waals surface area contributed by atoms with Crippen molar-refractivity contribution in [3.63, 3.8) is 0 Å². The smallest absolute Gasteiger partial charge is 0.266 e. The van der Waals surface area contributed by atoms with Gasteiger partial charge in [-0.15, -0.1) is 0 Å². The van der Waals surface area contributed by atoms with E-state index in [9.17, 15) is 4.79 Å². The number of allylic oxidation sites excluding steroid dienone is 1. The monoisotopic (exact) mass is 234 g/mol. The Labute approximate surface area is 102 Å². The van der Waals surface area contributed by atoms with Gasteiger partial charge in [-0.05, 0) is 27.2 Å². The number of hydrogen-bond acceptors (Lipinski definition) is 2. The Balaban J connectivity index is 2.59. The zero-order valence-electron chi connectivity index (χ0n) is 11.2. The van der Waals surface area contributed by atoms with Crippen molar-refractivity contribution in [2.75, 3.05) is 7.05 Å². The molecule has 0 saturated carbocycles. The molecule has 0 aromatic rings. The lowest BCUT2D eigenvalue weighted by Crippen LogP contribution is -2.43. The number of quaternary nitrogens is 1. The third-order valence-electron chi connectivity index (χ3n) is 4.30. The summed E-state index contributed by atoms with van der Waals surface area (Å²) in [6, 6.07) is 0.926. The van der Waals surface area contributed by atoms with Crippen LogP contribution in [0.4, 0.5) is 0 Å². The highest BCUT2D eigenvalue weighted by Gasteiger charge is 2.66. The lowest BCUT2D eigenvalue weighted by Gasteiger charge is -2.22. The summed E-state index contributed by atoms with van der Waals surface area (Å²) in [6.45, 7) is 8.41. The summed E-state index contributed by atoms with van der Waals surface area (Å²) >= 11 is 0. The number of hydrogen-bond donors (Lipinski definition) is 0. The molecule has 1 saturated heterocycles. The molecule has 2 unspecified atom stereocenters. The van der Waals surface area contributed by atoms with Gasteiger partial charge in [-0.1, -0.05) is 12.5 Å². The number of nitrogens with zero attached hydrogens (tertiary/aromatic N) is 3. The normalized spacial score (nSPS) is 41.2. The third kappa shape index (κ3) is 1.43. The predicted molar refractivity (Wildman–Crippen MR) is 69.0 cm³/mol. The van der Waals surface area contributed by atoms with E-state index in [1.807, 2.05) is 6.92 Å². The van der Waals surface area contributed by atoms with E-state index in [0.29, 0.717) is 16.6 Å². The van der Waals surface area contributed by atoms with Gasteiger partial charge >= 0.3 is 0 Å². The Bertz CT molecular complexity index is 451. The van der Waals surface area contributed by atoms with Gasteiger partial charge in [0.15, 0.2) is 12.1 Å². The van der Waals surface area contributed by atoms with Crippen LogP contribution < -0.4 is 0 Å². The van der Waals surface area contributed by atoms with Crippen molar-refractivity contribution in [3.05, 3.63) is 11.1 Å². The van der Waals surface area contributed by atoms with Crippen LogP contribution in [0.1, 0.15) is 34.1 Å². The van der Waals surface area contributed by atoms with Gasteiger partial charge in [0.05, 0.1) is 0 Å². The van der Waals surface area contributed by atoms with E-state index in [1.165, 1.54) is 0 Å². The molecule has 1 spiro atoms. The first kappa shape index (κ1) is 12.2. The molecule has 2 atom stereocenters. The van der Waals surface area contributed by atoms with E-state index in [0.717, 1.165) is 23.4 Å². The van der Waals surface area contributed by atoms with E-state index in [4.69, 9.17) is 0 Å². The minimum Gasteiger partial charge on any atom is -0.266 e. The standard InChI is InChI=1S/C13H20N3O/c1-6-8(2)11-12(14-5)16(7-15-13(11)17)9(3)10(16)4/h7,9-10H,6H2,1-5H3/q+1. The first-order valence-corrected chi connectivity index (χ1v) is 6.15. The molecule has 0 aromatic heterocycles. The highest BCUT2D eigenvalue weighted by molar-refractivity contribution is 6.24. The molecule has 0 bridgehead atoms. The van der Waals surface area contributed by atoms with Gasteiger partial charge in [0.1, 0.15) is 5.57 Å². The maximum Gasteiger partial charge on any atom is 0.289 e. The Morgan fingerprint density at radius 3 is 2.47 bits per heavy atom. The van der Waals surface area contributed by atoms with Gasteiger partial charge < -0.3 is 0 Å². The topological polar surface area (TPSA) is 41.8 Å². The summed E-state index contributed by atoms with van der Waals surface area (Å²) < 4.78 is 0.648. The van der Waals surface area contributed by atoms with Crippen LogP contribution >= 0.6 is 0 Å². The number of amides is 1. The summed E-state index contributed by atoms with van der Waals surface area (Å²) in [6.07, 6.45) is 2.63. The molecular weight excluding hydrogens is 214 g/mol. The zero-order chi connectivity index (χ0) is 12.8. The van der Waals surface area contributed by atoms with Crippen molar-refractivity contribution in [1.29, 1.82) is 0 Å². The highest BCUT2D eigenvalue weighted by atomic mass is 16.1. The fourth-order valence-corrected chi connectivity index (χ4v) is 2.70. The van der Waals surface area contributed by atoms with Gasteiger partial charge in [-0.3, -0.25) is 4.79 Å². The lowest BCUT2D eigenvalue weighted by atomic mass is 10.0. The van der Waals surface area contributed by atoms with Gasteiger partial charge in [-0.25, -0.2) is 9.48 Å². The lowest BCUT2D eigenvalue weighted by molar-refractivity contribution is -0.614. The van der Waals surface area contributed by atoms with Gasteiger partial charge in [-0.2, -0.15) is 4.99 Å². The second-order valence-corrected chi connectivity index (χ2v) is 4.92. The van der Waals surface area contributed by atoms with Crippen LogP contribution in [0.2, 0.25) is 0 Å². The van der Waals surface area contributed by atoms with Crippen molar-refractivity contribution in [2.24, 2.45) is 9.98 Å². The van der Waals surface area contributed by atoms with Gasteiger partial charge in [0.25, 0.3) is 5.91 Å². The van der Waals surface area contributed by atoms with Crippen LogP contribution in [0.3, 0.4) is 0 Å². The molecule has 2 aliphatic heterocycles. The van der Waals surface area contributed by atoms with Crippen molar-refractivity contribution in [1.82, 2.24) is 0 Å². The summed E-state index contributed by atoms with van der Waals surface area (Å²) in [5.74, 6) is 0.754. The Hall–Kier alpha value is -1.29. The van der Waals surface area contributed by atoms with Crippen LogP contribution in [0.25, 0.3) is 0 Å². The molecule has 0 radical (unpaired) electrons. The van der Waals surface area contributed by atoms with Crippen molar-refractivity contribution < 1.29 is 9.28 Å². The highest BCUT2D eigenvalue weighted by Crippen LogP contribution is 2.42. The molecule has 2 rings (SSSR count). The van der Waals surface area contributed by atoms with Gasteiger partial charge in [0, 0.05) is 7.05 Å². The van der Waals surface area contributed by atoms with E-state index in [2.05, 4.69) is 30.8 Å². The van der Waals surface area contributed by atoms with Crippen molar-refractivity contribution in [2.45, 2.75) is 46.2 Å². The molecule has 2 aliphatic rings.